The summed E-state index contributed by atoms with van der Waals surface area (Å²) < 4.78 is 101. The monoisotopic (exact) mass is 1150 g/mol. The largest absolute Gasteiger partial charge is 0.756 e. The van der Waals surface area contributed by atoms with Gasteiger partial charge in [-0.25, -0.2) is 32.5 Å². The highest BCUT2D eigenvalue weighted by atomic mass is 31.3. The molecule has 3 fully saturated rings. The zero-order chi connectivity index (χ0) is 54.4. The number of phosphoric ester groups is 3. The number of aromatic amines is 3. The second-order valence-corrected chi connectivity index (χ2v) is 22.4. The highest BCUT2D eigenvalue weighted by Crippen LogP contribution is 2.67. The number of ether oxygens (including phenoxy) is 3. The Morgan fingerprint density at radius 1 is 0.653 bits per heavy atom. The first-order valence-corrected chi connectivity index (χ1v) is 26.9. The van der Waals surface area contributed by atoms with Gasteiger partial charge in [0.05, 0.1) is 39.5 Å². The molecule has 6 aromatic heterocycles. The van der Waals surface area contributed by atoms with Gasteiger partial charge in [-0.2, -0.15) is 14.3 Å². The molecule has 40 nitrogen and oxygen atoms in total. The van der Waals surface area contributed by atoms with E-state index in [1.54, 1.807) is 0 Å². The normalized spacial score (nSPS) is 30.5. The van der Waals surface area contributed by atoms with Crippen LogP contribution >= 0.6 is 31.3 Å². The number of imidazole rings is 3. The van der Waals surface area contributed by atoms with Gasteiger partial charge in [0, 0.05) is 0 Å². The molecule has 44 heteroatoms. The van der Waals surface area contributed by atoms with Gasteiger partial charge in [-0.1, -0.05) is 4.98 Å². The van der Waals surface area contributed by atoms with Crippen LogP contribution in [0.2, 0.25) is 0 Å². The number of fused-ring (bicyclic) bond motifs is 3. The van der Waals surface area contributed by atoms with Crippen molar-refractivity contribution in [2.24, 2.45) is 7.05 Å². The summed E-state index contributed by atoms with van der Waals surface area (Å²) in [6.45, 7) is -3.73. The number of H-pyrrole nitrogens is 3. The molecule has 75 heavy (non-hydrogen) atoms. The van der Waals surface area contributed by atoms with Crippen LogP contribution in [0.4, 0.5) is 17.8 Å². The predicted octanol–water partition coefficient (Wildman–Crippen LogP) is -6.70. The maximum Gasteiger partial charge on any atom is 0.487 e. The first-order valence-electron chi connectivity index (χ1n) is 20.9. The predicted molar refractivity (Wildman–Crippen MR) is 235 cm³/mol. The number of hydrogen-bond acceptors (Lipinski definition) is 30. The molecular weight excluding hydrogens is 1110 g/mol. The molecule has 3 saturated heterocycles. The Balaban J connectivity index is 0.859. The van der Waals surface area contributed by atoms with Crippen LogP contribution < -0.4 is 43.3 Å². The third kappa shape index (κ3) is 10.9. The number of hydrogen-bond donors (Lipinski definition) is 14. The molecule has 17 N–H and O–H groups in total. The van der Waals surface area contributed by atoms with Crippen molar-refractivity contribution in [3.8, 4) is 0 Å². The summed E-state index contributed by atoms with van der Waals surface area (Å²) in [5.74, 6) is -1.13. The van der Waals surface area contributed by atoms with Gasteiger partial charge in [0.2, 0.25) is 23.6 Å². The van der Waals surface area contributed by atoms with E-state index in [2.05, 4.69) is 53.0 Å². The number of aliphatic hydroxyl groups excluding tert-OH is 5. The Morgan fingerprint density at radius 3 is 1.76 bits per heavy atom. The lowest BCUT2D eigenvalue weighted by molar-refractivity contribution is -0.745. The van der Waals surface area contributed by atoms with Gasteiger partial charge < -0.3 is 81.0 Å². The molecule has 0 spiro atoms. The molecule has 0 saturated carbocycles. The van der Waals surface area contributed by atoms with Crippen molar-refractivity contribution < 1.29 is 109 Å². The van der Waals surface area contributed by atoms with Crippen molar-refractivity contribution in [2.45, 2.75) is 73.6 Å². The van der Waals surface area contributed by atoms with Crippen LogP contribution in [0.25, 0.3) is 33.5 Å². The minimum atomic E-state index is -6.32. The van der Waals surface area contributed by atoms with Crippen LogP contribution in [0.15, 0.2) is 33.4 Å². The molecule has 0 radical (unpaired) electrons. The van der Waals surface area contributed by atoms with Crippen molar-refractivity contribution in [1.82, 2.24) is 53.6 Å². The Bertz CT molecular complexity index is 3570. The van der Waals surface area contributed by atoms with Gasteiger partial charge in [0.15, 0.2) is 41.1 Å². The number of rotatable bonds is 18. The SMILES string of the molecule is Cn1c[n+]([C@@H]2O[C@H](COP(=O)([O-])OP(=O)(O)OP(=O)(O)OC[C@H]3O[C@@H](n4cnc5c(=O)[nH]c(N)nc54)[C@H](O)[C@@H]3OP(=O)(O)OC[C@H]3O[C@@H](n4cnc5c(=O)[nH]c(N)nc54)[C@H](O)[C@@H]3O)[C@@H](O)[C@H]2O)c2nc(N)[nH]c(=O)c21. The van der Waals surface area contributed by atoms with E-state index in [1.807, 2.05) is 0 Å². The fourth-order valence-corrected chi connectivity index (χ4v) is 12.6. The number of aromatic nitrogens is 12. The molecule has 6 aromatic rings. The topological polar surface area (TPSA) is 596 Å². The van der Waals surface area contributed by atoms with Gasteiger partial charge in [0.1, 0.15) is 54.9 Å². The maximum absolute atomic E-state index is 13.5. The lowest BCUT2D eigenvalue weighted by Gasteiger charge is -2.27. The van der Waals surface area contributed by atoms with Crippen LogP contribution in [-0.2, 0) is 66.2 Å². The standard InChI is InChI=1S/C31H41N15O25P4/c1-43-7-46(22-13(43)25(54)42-31(34)39-22)27-17(50)15(48)9(67-27)3-64-73(57,58)70-75(61,62)71-74(59,60)65-4-10-19(18(51)28(68-10)45-6-36-12-21(45)38-30(33)41-24(12)53)69-72(55,56)63-2-8-14(47)16(49)26(66-8)44-5-35-11-20(44)37-29(32)40-23(11)52/h5-10,14-19,26-28,47-51H,2-4H2,1H3,(H12-,32,33,34,37,38,39,40,41,42,52,53,54,55,56,57,58,59,60,61,62)/t8-,9-,10-,14-,15-,16-,17-,18-,19-,26-,27-,28-/m1/s1. The first kappa shape index (κ1) is 54.4. The van der Waals surface area contributed by atoms with E-state index in [4.69, 9.17) is 45.0 Å². The molecule has 9 rings (SSSR count). The average molecular weight is 1150 g/mol. The minimum absolute atomic E-state index is 0.0487. The summed E-state index contributed by atoms with van der Waals surface area (Å²) in [5, 5.41) is 54.4. The van der Waals surface area contributed by atoms with Crippen molar-refractivity contribution in [1.29, 1.82) is 0 Å². The van der Waals surface area contributed by atoms with Crippen LogP contribution in [-0.4, -0.2) is 169 Å². The van der Waals surface area contributed by atoms with Gasteiger partial charge in [0.25, 0.3) is 30.4 Å². The summed E-state index contributed by atoms with van der Waals surface area (Å²) in [6, 6.07) is 0. The van der Waals surface area contributed by atoms with Gasteiger partial charge in [-0.05, 0) is 0 Å². The molecule has 16 atom stereocenters. The zero-order valence-corrected chi connectivity index (χ0v) is 40.9. The Labute approximate surface area is 412 Å². The maximum atomic E-state index is 13.5. The van der Waals surface area contributed by atoms with E-state index in [-0.39, 0.29) is 45.4 Å². The number of nitrogens with zero attached hydrogens (tertiary/aromatic N) is 9. The molecule has 0 bridgehead atoms. The summed E-state index contributed by atoms with van der Waals surface area (Å²) in [5.41, 5.74) is 13.3. The Kier molecular flexibility index (Phi) is 14.4. The van der Waals surface area contributed by atoms with E-state index in [0.717, 1.165) is 26.4 Å². The highest BCUT2D eigenvalue weighted by molar-refractivity contribution is 7.66. The number of phosphoric acid groups is 4. The second kappa shape index (κ2) is 19.9. The molecule has 3 aliphatic heterocycles. The number of aliphatic hydroxyl groups is 5. The van der Waals surface area contributed by atoms with Gasteiger partial charge >= 0.3 is 29.1 Å². The van der Waals surface area contributed by atoms with Crippen molar-refractivity contribution in [2.75, 3.05) is 37.0 Å². The highest BCUT2D eigenvalue weighted by Gasteiger charge is 2.53. The third-order valence-electron chi connectivity index (χ3n) is 11.4. The Morgan fingerprint density at radius 2 is 1.15 bits per heavy atom. The summed E-state index contributed by atoms with van der Waals surface area (Å²) in [6.07, 6.45) is -19.1. The minimum Gasteiger partial charge on any atom is -0.756 e. The summed E-state index contributed by atoms with van der Waals surface area (Å²) in [7, 11) is -22.7. The fourth-order valence-electron chi connectivity index (χ4n) is 8.12. The van der Waals surface area contributed by atoms with Gasteiger partial charge in [-0.3, -0.25) is 61.2 Å². The molecule has 0 amide bonds. The second-order valence-electron chi connectivity index (χ2n) is 16.4. The third-order valence-corrected chi connectivity index (χ3v) is 16.6. The van der Waals surface area contributed by atoms with Crippen molar-refractivity contribution >= 4 is 82.6 Å². The van der Waals surface area contributed by atoms with Gasteiger partial charge in [-0.15, -0.1) is 0 Å². The number of nitrogens with two attached hydrogens (primary N) is 3. The Hall–Kier alpha value is -5.35. The number of nitrogens with one attached hydrogen (secondary N) is 3. The smallest absolute Gasteiger partial charge is 0.487 e. The quantitative estimate of drug-likeness (QED) is 0.0281. The van der Waals surface area contributed by atoms with Crippen LogP contribution in [0.5, 0.6) is 0 Å². The number of anilines is 3. The fraction of sp³-hybridized carbons (Fsp3) is 0.516. The molecule has 9 heterocycles. The molecule has 0 aliphatic carbocycles. The van der Waals surface area contributed by atoms with E-state index >= 15 is 0 Å². The van der Waals surface area contributed by atoms with Crippen LogP contribution in [0.3, 0.4) is 0 Å². The van der Waals surface area contributed by atoms with E-state index in [9.17, 15) is 77.8 Å². The molecule has 410 valence electrons. The number of nitrogen functional groups attached to an aromatic ring is 3. The van der Waals surface area contributed by atoms with E-state index in [1.165, 1.54) is 17.9 Å². The lowest BCUT2D eigenvalue weighted by Crippen LogP contribution is -2.46. The molecular formula is C31H41N15O25P4. The summed E-state index contributed by atoms with van der Waals surface area (Å²) >= 11 is 0. The van der Waals surface area contributed by atoms with Crippen molar-refractivity contribution in [3.05, 3.63) is 50.0 Å². The molecule has 4 unspecified atom stereocenters. The van der Waals surface area contributed by atoms with E-state index in [0.29, 0.717) is 0 Å². The van der Waals surface area contributed by atoms with Crippen LogP contribution in [0.1, 0.15) is 18.7 Å². The zero-order valence-electron chi connectivity index (χ0n) is 37.3. The number of aryl methyl sites for hydroxylation is 1. The van der Waals surface area contributed by atoms with Crippen LogP contribution in [0, 0.1) is 0 Å². The average Bonchev–Trinajstić information content (AvgIpc) is 4.15. The summed E-state index contributed by atoms with van der Waals surface area (Å²) in [4.78, 5) is 108. The van der Waals surface area contributed by atoms with E-state index < -0.39 is 147 Å². The lowest BCUT2D eigenvalue weighted by atomic mass is 10.1. The molecule has 3 aliphatic rings. The molecule has 0 aromatic carbocycles. The first-order chi connectivity index (χ1) is 35.0. The van der Waals surface area contributed by atoms with Crippen molar-refractivity contribution in [3.63, 3.8) is 0 Å².